The van der Waals surface area contributed by atoms with Crippen LogP contribution in [0.3, 0.4) is 0 Å². The number of hydrogen-bond donors (Lipinski definition) is 2. The SMILES string of the molecule is ON1CC=CC=C1S. The van der Waals surface area contributed by atoms with Gasteiger partial charge in [-0.1, -0.05) is 12.2 Å². The number of hydroxylamine groups is 2. The van der Waals surface area contributed by atoms with E-state index in [0.29, 0.717) is 11.6 Å². The zero-order valence-electron chi connectivity index (χ0n) is 4.28. The summed E-state index contributed by atoms with van der Waals surface area (Å²) in [4.78, 5) is 0. The first-order valence-electron chi connectivity index (χ1n) is 2.33. The molecule has 8 heavy (non-hydrogen) atoms. The van der Waals surface area contributed by atoms with Gasteiger partial charge in [0.05, 0.1) is 11.6 Å². The van der Waals surface area contributed by atoms with E-state index in [0.717, 1.165) is 5.06 Å². The molecule has 0 aromatic carbocycles. The minimum atomic E-state index is 0.537. The fraction of sp³-hybridized carbons (Fsp3) is 0.200. The molecule has 0 aliphatic carbocycles. The quantitative estimate of drug-likeness (QED) is 0.477. The van der Waals surface area contributed by atoms with Crippen molar-refractivity contribution in [3.8, 4) is 0 Å². The molecule has 0 saturated carbocycles. The molecule has 0 radical (unpaired) electrons. The molecular weight excluding hydrogens is 122 g/mol. The number of hydrogen-bond acceptors (Lipinski definition) is 3. The maximum atomic E-state index is 8.82. The van der Waals surface area contributed by atoms with E-state index in [1.807, 2.05) is 12.2 Å². The van der Waals surface area contributed by atoms with Gasteiger partial charge in [-0.25, -0.2) is 5.06 Å². The molecule has 0 saturated heterocycles. The Morgan fingerprint density at radius 1 is 1.75 bits per heavy atom. The van der Waals surface area contributed by atoms with E-state index in [2.05, 4.69) is 12.6 Å². The Balaban J connectivity index is 2.66. The number of rotatable bonds is 0. The highest BCUT2D eigenvalue weighted by molar-refractivity contribution is 7.84. The first-order chi connectivity index (χ1) is 3.80. The van der Waals surface area contributed by atoms with E-state index in [4.69, 9.17) is 5.21 Å². The molecule has 1 heterocycles. The lowest BCUT2D eigenvalue weighted by molar-refractivity contribution is -0.0347. The average Bonchev–Trinajstić information content (AvgIpc) is 1.77. The van der Waals surface area contributed by atoms with E-state index in [1.165, 1.54) is 0 Å². The van der Waals surface area contributed by atoms with Gasteiger partial charge in [0.15, 0.2) is 0 Å². The third kappa shape index (κ3) is 1.05. The van der Waals surface area contributed by atoms with Gasteiger partial charge in [-0.3, -0.25) is 5.21 Å². The van der Waals surface area contributed by atoms with Crippen molar-refractivity contribution in [3.05, 3.63) is 23.3 Å². The summed E-state index contributed by atoms with van der Waals surface area (Å²) in [5, 5.41) is 10.5. The molecule has 1 aliphatic heterocycles. The second kappa shape index (κ2) is 2.24. The van der Waals surface area contributed by atoms with Gasteiger partial charge in [-0.15, -0.1) is 12.6 Å². The Labute approximate surface area is 53.5 Å². The van der Waals surface area contributed by atoms with Crippen molar-refractivity contribution in [2.75, 3.05) is 6.54 Å². The van der Waals surface area contributed by atoms with Crippen LogP contribution in [-0.4, -0.2) is 16.8 Å². The molecule has 1 rings (SSSR count). The van der Waals surface area contributed by atoms with Crippen LogP contribution in [0.4, 0.5) is 0 Å². The molecule has 0 aromatic rings. The fourth-order valence-corrected chi connectivity index (χ4v) is 0.662. The summed E-state index contributed by atoms with van der Waals surface area (Å²) in [7, 11) is 0. The number of nitrogens with zero attached hydrogens (tertiary/aromatic N) is 1. The molecule has 0 aromatic heterocycles. The standard InChI is InChI=1S/C5H7NOS/c7-6-4-2-1-3-5(6)8/h1-3,7-8H,4H2. The monoisotopic (exact) mass is 129 g/mol. The van der Waals surface area contributed by atoms with Crippen molar-refractivity contribution in [2.45, 2.75) is 0 Å². The van der Waals surface area contributed by atoms with Crippen LogP contribution < -0.4 is 0 Å². The molecule has 0 fully saturated rings. The first-order valence-corrected chi connectivity index (χ1v) is 2.77. The zero-order valence-corrected chi connectivity index (χ0v) is 5.18. The van der Waals surface area contributed by atoms with Crippen LogP contribution >= 0.6 is 12.6 Å². The number of allylic oxidation sites excluding steroid dienone is 2. The summed E-state index contributed by atoms with van der Waals surface area (Å²) >= 11 is 3.94. The normalized spacial score (nSPS) is 18.8. The lowest BCUT2D eigenvalue weighted by atomic mass is 10.4. The van der Waals surface area contributed by atoms with E-state index in [-0.39, 0.29) is 0 Å². The molecule has 0 amide bonds. The number of thiol groups is 1. The minimum absolute atomic E-state index is 0.537. The topological polar surface area (TPSA) is 23.5 Å². The summed E-state index contributed by atoms with van der Waals surface area (Å²) in [6.45, 7) is 0.537. The zero-order chi connectivity index (χ0) is 5.98. The highest BCUT2D eigenvalue weighted by Gasteiger charge is 2.00. The van der Waals surface area contributed by atoms with Crippen LogP contribution in [0, 0.1) is 0 Å². The molecule has 2 nitrogen and oxygen atoms in total. The van der Waals surface area contributed by atoms with Gasteiger partial charge in [0.1, 0.15) is 0 Å². The Hall–Kier alpha value is -0.410. The van der Waals surface area contributed by atoms with Gasteiger partial charge in [0, 0.05) is 0 Å². The summed E-state index contributed by atoms with van der Waals surface area (Å²) < 4.78 is 0. The maximum absolute atomic E-state index is 8.82. The smallest absolute Gasteiger partial charge is 0.0937 e. The van der Waals surface area contributed by atoms with Crippen LogP contribution in [0.5, 0.6) is 0 Å². The Kier molecular flexibility index (Phi) is 1.60. The van der Waals surface area contributed by atoms with Gasteiger partial charge in [-0.05, 0) is 6.08 Å². The lowest BCUT2D eigenvalue weighted by Crippen LogP contribution is -2.16. The highest BCUT2D eigenvalue weighted by atomic mass is 32.1. The molecular formula is C5H7NOS. The van der Waals surface area contributed by atoms with Crippen LogP contribution in [0.1, 0.15) is 0 Å². The summed E-state index contributed by atoms with van der Waals surface area (Å²) in [5.74, 6) is 0. The van der Waals surface area contributed by atoms with Gasteiger partial charge in [0.2, 0.25) is 0 Å². The van der Waals surface area contributed by atoms with Crippen molar-refractivity contribution < 1.29 is 5.21 Å². The van der Waals surface area contributed by atoms with Gasteiger partial charge in [-0.2, -0.15) is 0 Å². The fourth-order valence-electron chi connectivity index (χ4n) is 0.494. The van der Waals surface area contributed by atoms with E-state index in [9.17, 15) is 0 Å². The van der Waals surface area contributed by atoms with Crippen molar-refractivity contribution >= 4 is 12.6 Å². The van der Waals surface area contributed by atoms with Crippen molar-refractivity contribution in [3.63, 3.8) is 0 Å². The van der Waals surface area contributed by atoms with Gasteiger partial charge < -0.3 is 0 Å². The molecule has 0 atom stereocenters. The minimum Gasteiger partial charge on any atom is -0.288 e. The van der Waals surface area contributed by atoms with Crippen LogP contribution in [0.2, 0.25) is 0 Å². The Morgan fingerprint density at radius 3 is 2.88 bits per heavy atom. The summed E-state index contributed by atoms with van der Waals surface area (Å²) in [5.41, 5.74) is 0. The van der Waals surface area contributed by atoms with Crippen molar-refractivity contribution in [1.29, 1.82) is 0 Å². The van der Waals surface area contributed by atoms with E-state index in [1.54, 1.807) is 6.08 Å². The molecule has 0 unspecified atom stereocenters. The molecule has 0 bridgehead atoms. The second-order valence-electron chi connectivity index (χ2n) is 1.54. The largest absolute Gasteiger partial charge is 0.288 e. The predicted molar refractivity (Wildman–Crippen MR) is 34.7 cm³/mol. The molecule has 1 aliphatic rings. The third-order valence-electron chi connectivity index (χ3n) is 0.924. The van der Waals surface area contributed by atoms with Crippen molar-refractivity contribution in [2.24, 2.45) is 0 Å². The Bertz CT molecular complexity index is 141. The van der Waals surface area contributed by atoms with Crippen LogP contribution in [0.15, 0.2) is 23.3 Å². The second-order valence-corrected chi connectivity index (χ2v) is 1.99. The third-order valence-corrected chi connectivity index (χ3v) is 1.30. The average molecular weight is 129 g/mol. The maximum Gasteiger partial charge on any atom is 0.0937 e. The highest BCUT2D eigenvalue weighted by Crippen LogP contribution is 2.08. The lowest BCUT2D eigenvalue weighted by Gasteiger charge is -2.15. The van der Waals surface area contributed by atoms with Gasteiger partial charge >= 0.3 is 0 Å². The molecule has 1 N–H and O–H groups in total. The molecule has 44 valence electrons. The predicted octanol–water partition coefficient (Wildman–Crippen LogP) is 1.02. The van der Waals surface area contributed by atoms with E-state index >= 15 is 0 Å². The van der Waals surface area contributed by atoms with E-state index < -0.39 is 0 Å². The Morgan fingerprint density at radius 2 is 2.50 bits per heavy atom. The first kappa shape index (κ1) is 5.72. The molecule has 3 heteroatoms. The van der Waals surface area contributed by atoms with Crippen LogP contribution in [0.25, 0.3) is 0 Å². The molecule has 0 spiro atoms. The van der Waals surface area contributed by atoms with Gasteiger partial charge in [0.25, 0.3) is 0 Å². The van der Waals surface area contributed by atoms with Crippen molar-refractivity contribution in [1.82, 2.24) is 5.06 Å². The summed E-state index contributed by atoms with van der Waals surface area (Å²) in [6, 6.07) is 0. The van der Waals surface area contributed by atoms with Crippen LogP contribution in [-0.2, 0) is 0 Å². The summed E-state index contributed by atoms with van der Waals surface area (Å²) in [6.07, 6.45) is 5.43.